The van der Waals surface area contributed by atoms with Crippen LogP contribution >= 0.6 is 22.9 Å². The molecule has 1 aromatic carbocycles. The Bertz CT molecular complexity index is 586. The fraction of sp³-hybridized carbons (Fsp3) is 0.286. The summed E-state index contributed by atoms with van der Waals surface area (Å²) in [4.78, 5) is 16.2. The van der Waals surface area contributed by atoms with Gasteiger partial charge in [0.15, 0.2) is 5.13 Å². The summed E-state index contributed by atoms with van der Waals surface area (Å²) >= 11 is 7.48. The van der Waals surface area contributed by atoms with Crippen LogP contribution in [0.2, 0.25) is 5.02 Å². The molecule has 0 aliphatic carbocycles. The molecular weight excluding hydrogens is 294 g/mol. The molecule has 1 amide bonds. The molecule has 0 fully saturated rings. The standard InChI is InChI=1S/C14H16ClN3OS/c1-3-12(13(19)18-14-16-6-7-20-14)17-10-5-4-9(2)11(15)8-10/h4-8,12,17H,3H2,1-2H3,(H,16,18,19)/t12-/m1/s1. The van der Waals surface area contributed by atoms with Crippen molar-refractivity contribution in [2.75, 3.05) is 10.6 Å². The highest BCUT2D eigenvalue weighted by Crippen LogP contribution is 2.21. The number of aromatic nitrogens is 1. The van der Waals surface area contributed by atoms with E-state index >= 15 is 0 Å². The summed E-state index contributed by atoms with van der Waals surface area (Å²) in [6.07, 6.45) is 2.33. The van der Waals surface area contributed by atoms with Crippen LogP contribution in [0.15, 0.2) is 29.8 Å². The molecule has 0 aliphatic rings. The number of thiazole rings is 1. The molecule has 0 aliphatic heterocycles. The van der Waals surface area contributed by atoms with Crippen LogP contribution in [0.25, 0.3) is 0 Å². The average molecular weight is 310 g/mol. The van der Waals surface area contributed by atoms with Gasteiger partial charge >= 0.3 is 0 Å². The van der Waals surface area contributed by atoms with Gasteiger partial charge in [0.05, 0.1) is 0 Å². The molecule has 1 atom stereocenters. The van der Waals surface area contributed by atoms with Gasteiger partial charge in [-0.1, -0.05) is 24.6 Å². The normalized spacial score (nSPS) is 11.9. The number of nitrogens with zero attached hydrogens (tertiary/aromatic N) is 1. The first-order valence-corrected chi connectivity index (χ1v) is 7.59. The van der Waals surface area contributed by atoms with Crippen LogP contribution in [0.5, 0.6) is 0 Å². The number of carbonyl (C=O) groups is 1. The lowest BCUT2D eigenvalue weighted by molar-refractivity contribution is -0.116. The van der Waals surface area contributed by atoms with E-state index in [2.05, 4.69) is 15.6 Å². The van der Waals surface area contributed by atoms with Crippen molar-refractivity contribution in [3.05, 3.63) is 40.4 Å². The summed E-state index contributed by atoms with van der Waals surface area (Å²) in [7, 11) is 0. The summed E-state index contributed by atoms with van der Waals surface area (Å²) in [6, 6.07) is 5.35. The van der Waals surface area contributed by atoms with Crippen molar-refractivity contribution in [2.45, 2.75) is 26.3 Å². The lowest BCUT2D eigenvalue weighted by Gasteiger charge is -2.17. The van der Waals surface area contributed by atoms with Crippen molar-refractivity contribution in [3.63, 3.8) is 0 Å². The first kappa shape index (κ1) is 14.8. The van der Waals surface area contributed by atoms with Crippen LogP contribution in [0.1, 0.15) is 18.9 Å². The summed E-state index contributed by atoms with van der Waals surface area (Å²) in [5, 5.41) is 9.10. The van der Waals surface area contributed by atoms with E-state index < -0.39 is 0 Å². The van der Waals surface area contributed by atoms with E-state index in [4.69, 9.17) is 11.6 Å². The molecule has 2 rings (SSSR count). The molecule has 4 nitrogen and oxygen atoms in total. The van der Waals surface area contributed by atoms with E-state index in [1.807, 2.05) is 37.4 Å². The quantitative estimate of drug-likeness (QED) is 0.879. The summed E-state index contributed by atoms with van der Waals surface area (Å²) in [6.45, 7) is 3.90. The van der Waals surface area contributed by atoms with Crippen LogP contribution in [-0.4, -0.2) is 16.9 Å². The van der Waals surface area contributed by atoms with E-state index in [0.717, 1.165) is 11.3 Å². The molecule has 1 aromatic heterocycles. The van der Waals surface area contributed by atoms with E-state index in [0.29, 0.717) is 16.6 Å². The molecule has 0 saturated carbocycles. The monoisotopic (exact) mass is 309 g/mol. The van der Waals surface area contributed by atoms with Gasteiger partial charge in [-0.05, 0) is 31.0 Å². The highest BCUT2D eigenvalue weighted by atomic mass is 35.5. The number of amides is 1. The van der Waals surface area contributed by atoms with Gasteiger partial charge in [0, 0.05) is 22.3 Å². The highest BCUT2D eigenvalue weighted by molar-refractivity contribution is 7.13. The molecule has 1 heterocycles. The number of anilines is 2. The van der Waals surface area contributed by atoms with Crippen LogP contribution < -0.4 is 10.6 Å². The maximum atomic E-state index is 12.2. The molecular formula is C14H16ClN3OS. The zero-order valence-corrected chi connectivity index (χ0v) is 12.9. The second-order valence-electron chi connectivity index (χ2n) is 4.40. The highest BCUT2D eigenvalue weighted by Gasteiger charge is 2.17. The first-order chi connectivity index (χ1) is 9.60. The summed E-state index contributed by atoms with van der Waals surface area (Å²) < 4.78 is 0. The first-order valence-electron chi connectivity index (χ1n) is 6.33. The van der Waals surface area contributed by atoms with Crippen LogP contribution in [0.4, 0.5) is 10.8 Å². The lowest BCUT2D eigenvalue weighted by Crippen LogP contribution is -2.34. The Morgan fingerprint density at radius 2 is 2.30 bits per heavy atom. The molecule has 0 radical (unpaired) electrons. The third-order valence-corrected chi connectivity index (χ3v) is 4.00. The topological polar surface area (TPSA) is 54.0 Å². The average Bonchev–Trinajstić information content (AvgIpc) is 2.92. The van der Waals surface area contributed by atoms with Gasteiger partial charge in [-0.3, -0.25) is 4.79 Å². The summed E-state index contributed by atoms with van der Waals surface area (Å²) in [5.74, 6) is -0.0980. The Hall–Kier alpha value is -1.59. The van der Waals surface area contributed by atoms with Crippen LogP contribution in [0, 0.1) is 6.92 Å². The van der Waals surface area contributed by atoms with Gasteiger partial charge in [0.1, 0.15) is 6.04 Å². The molecule has 106 valence electrons. The van der Waals surface area contributed by atoms with Crippen molar-refractivity contribution in [3.8, 4) is 0 Å². The largest absolute Gasteiger partial charge is 0.374 e. The van der Waals surface area contributed by atoms with Crippen LogP contribution in [-0.2, 0) is 4.79 Å². The van der Waals surface area contributed by atoms with Crippen LogP contribution in [0.3, 0.4) is 0 Å². The fourth-order valence-electron chi connectivity index (χ4n) is 1.71. The van der Waals surface area contributed by atoms with Crippen molar-refractivity contribution in [1.82, 2.24) is 4.98 Å². The van der Waals surface area contributed by atoms with Crippen molar-refractivity contribution >= 4 is 39.7 Å². The van der Waals surface area contributed by atoms with Crippen molar-refractivity contribution in [1.29, 1.82) is 0 Å². The minimum atomic E-state index is -0.322. The molecule has 0 saturated heterocycles. The molecule has 20 heavy (non-hydrogen) atoms. The lowest BCUT2D eigenvalue weighted by atomic mass is 10.1. The maximum absolute atomic E-state index is 12.2. The predicted octanol–water partition coefficient (Wildman–Crippen LogP) is 3.93. The number of hydrogen-bond donors (Lipinski definition) is 2. The number of aryl methyl sites for hydroxylation is 1. The molecule has 6 heteroatoms. The van der Waals surface area contributed by atoms with E-state index in [1.165, 1.54) is 11.3 Å². The number of nitrogens with one attached hydrogen (secondary N) is 2. The van der Waals surface area contributed by atoms with Crippen molar-refractivity contribution < 1.29 is 4.79 Å². The maximum Gasteiger partial charge on any atom is 0.248 e. The Morgan fingerprint density at radius 3 is 2.90 bits per heavy atom. The fourth-order valence-corrected chi connectivity index (χ4v) is 2.43. The van der Waals surface area contributed by atoms with E-state index in [1.54, 1.807) is 6.20 Å². The Balaban J connectivity index is 2.04. The van der Waals surface area contributed by atoms with Gasteiger partial charge in [0.25, 0.3) is 0 Å². The SMILES string of the molecule is CC[C@@H](Nc1ccc(C)c(Cl)c1)C(=O)Nc1nccs1. The minimum absolute atomic E-state index is 0.0980. The molecule has 0 unspecified atom stereocenters. The Morgan fingerprint density at radius 1 is 1.50 bits per heavy atom. The molecule has 2 aromatic rings. The third-order valence-electron chi connectivity index (χ3n) is 2.90. The number of benzene rings is 1. The molecule has 2 N–H and O–H groups in total. The third kappa shape index (κ3) is 3.71. The number of hydrogen-bond acceptors (Lipinski definition) is 4. The van der Waals surface area contributed by atoms with Gasteiger partial charge in [-0.2, -0.15) is 0 Å². The number of carbonyl (C=O) groups excluding carboxylic acids is 1. The van der Waals surface area contributed by atoms with Gasteiger partial charge in [0.2, 0.25) is 5.91 Å². The smallest absolute Gasteiger partial charge is 0.248 e. The minimum Gasteiger partial charge on any atom is -0.374 e. The zero-order chi connectivity index (χ0) is 14.5. The van der Waals surface area contributed by atoms with Gasteiger partial charge < -0.3 is 10.6 Å². The predicted molar refractivity (Wildman–Crippen MR) is 84.6 cm³/mol. The Labute approximate surface area is 127 Å². The van der Waals surface area contributed by atoms with E-state index in [-0.39, 0.29) is 11.9 Å². The van der Waals surface area contributed by atoms with Crippen molar-refractivity contribution in [2.24, 2.45) is 0 Å². The number of halogens is 1. The second-order valence-corrected chi connectivity index (χ2v) is 5.70. The van der Waals surface area contributed by atoms with Gasteiger partial charge in [-0.25, -0.2) is 4.98 Å². The zero-order valence-electron chi connectivity index (χ0n) is 11.3. The molecule has 0 bridgehead atoms. The van der Waals surface area contributed by atoms with Gasteiger partial charge in [-0.15, -0.1) is 11.3 Å². The summed E-state index contributed by atoms with van der Waals surface area (Å²) in [5.41, 5.74) is 1.85. The number of rotatable bonds is 5. The molecule has 0 spiro atoms. The van der Waals surface area contributed by atoms with E-state index in [9.17, 15) is 4.79 Å². The Kier molecular flexibility index (Phi) is 4.98. The second kappa shape index (κ2) is 6.72.